The van der Waals surface area contributed by atoms with Crippen LogP contribution in [0, 0.1) is 0 Å². The van der Waals surface area contributed by atoms with E-state index in [0.29, 0.717) is 26.0 Å². The molecule has 1 aliphatic rings. The van der Waals surface area contributed by atoms with Gasteiger partial charge in [0.1, 0.15) is 11.3 Å². The lowest BCUT2D eigenvalue weighted by molar-refractivity contribution is -0.129. The lowest BCUT2D eigenvalue weighted by atomic mass is 9.97. The van der Waals surface area contributed by atoms with E-state index in [9.17, 15) is 9.59 Å². The van der Waals surface area contributed by atoms with E-state index >= 15 is 0 Å². The van der Waals surface area contributed by atoms with E-state index in [1.54, 1.807) is 11.8 Å². The Bertz CT molecular complexity index is 544. The number of hydrogen-bond acceptors (Lipinski definition) is 3. The van der Waals surface area contributed by atoms with E-state index < -0.39 is 5.54 Å². The number of nitrogens with zero attached hydrogens (tertiary/aromatic N) is 1. The summed E-state index contributed by atoms with van der Waals surface area (Å²) in [7, 11) is 0. The average molecular weight is 290 g/mol. The van der Waals surface area contributed by atoms with Gasteiger partial charge in [-0.15, -0.1) is 0 Å². The van der Waals surface area contributed by atoms with Crippen LogP contribution in [0.4, 0.5) is 5.69 Å². The van der Waals surface area contributed by atoms with Crippen LogP contribution in [-0.2, 0) is 9.59 Å². The molecule has 1 N–H and O–H groups in total. The Morgan fingerprint density at radius 1 is 1.33 bits per heavy atom. The predicted molar refractivity (Wildman–Crippen MR) is 81.4 cm³/mol. The third-order valence-corrected chi connectivity index (χ3v) is 3.84. The molecule has 0 spiro atoms. The summed E-state index contributed by atoms with van der Waals surface area (Å²) in [6, 6.07) is 7.42. The highest BCUT2D eigenvalue weighted by molar-refractivity contribution is 6.04. The first-order chi connectivity index (χ1) is 10.00. The number of carbonyl (C=O) groups excluding carboxylic acids is 2. The van der Waals surface area contributed by atoms with E-state index in [2.05, 4.69) is 5.32 Å². The molecule has 1 aliphatic heterocycles. The molecule has 1 unspecified atom stereocenters. The van der Waals surface area contributed by atoms with Crippen molar-refractivity contribution in [3.8, 4) is 5.75 Å². The van der Waals surface area contributed by atoms with Gasteiger partial charge in [-0.05, 0) is 32.4 Å². The number of hydrogen-bond donors (Lipinski definition) is 1. The zero-order valence-corrected chi connectivity index (χ0v) is 12.8. The highest BCUT2D eigenvalue weighted by atomic mass is 16.5. The maximum atomic E-state index is 12.8. The van der Waals surface area contributed by atoms with Crippen LogP contribution in [-0.4, -0.2) is 30.5 Å². The molecule has 1 heterocycles. The Labute approximate surface area is 125 Å². The highest BCUT2D eigenvalue weighted by Crippen LogP contribution is 2.26. The fourth-order valence-electron chi connectivity index (χ4n) is 2.43. The second-order valence-corrected chi connectivity index (χ2v) is 5.37. The molecule has 5 nitrogen and oxygen atoms in total. The molecule has 1 fully saturated rings. The fraction of sp³-hybridized carbons (Fsp3) is 0.500. The van der Waals surface area contributed by atoms with Crippen LogP contribution in [0.15, 0.2) is 24.3 Å². The van der Waals surface area contributed by atoms with Gasteiger partial charge in [0.25, 0.3) is 5.91 Å². The minimum absolute atomic E-state index is 0.0792. The van der Waals surface area contributed by atoms with Crippen LogP contribution in [0.5, 0.6) is 5.75 Å². The second kappa shape index (κ2) is 6.16. The van der Waals surface area contributed by atoms with Crippen LogP contribution < -0.4 is 15.0 Å². The Morgan fingerprint density at radius 2 is 2.10 bits per heavy atom. The molecule has 2 rings (SSSR count). The molecule has 1 aromatic carbocycles. The molecule has 0 aliphatic carbocycles. The first-order valence-corrected chi connectivity index (χ1v) is 7.36. The smallest absolute Gasteiger partial charge is 0.252 e. The molecular formula is C16H22N2O3. The van der Waals surface area contributed by atoms with Crippen molar-refractivity contribution in [1.29, 1.82) is 0 Å². The van der Waals surface area contributed by atoms with Crippen molar-refractivity contribution in [2.75, 3.05) is 18.1 Å². The Balaban J connectivity index is 2.35. The summed E-state index contributed by atoms with van der Waals surface area (Å²) in [5, 5.41) is 2.83. The van der Waals surface area contributed by atoms with Gasteiger partial charge in [-0.25, -0.2) is 0 Å². The molecule has 0 radical (unpaired) electrons. The monoisotopic (exact) mass is 290 g/mol. The van der Waals surface area contributed by atoms with Gasteiger partial charge in [0.15, 0.2) is 0 Å². The minimum Gasteiger partial charge on any atom is -0.494 e. The van der Waals surface area contributed by atoms with Crippen molar-refractivity contribution in [3.05, 3.63) is 24.3 Å². The summed E-state index contributed by atoms with van der Waals surface area (Å²) in [6.45, 7) is 6.55. The van der Waals surface area contributed by atoms with E-state index in [-0.39, 0.29) is 11.8 Å². The van der Waals surface area contributed by atoms with Crippen molar-refractivity contribution in [2.45, 2.75) is 39.2 Å². The van der Waals surface area contributed by atoms with Gasteiger partial charge in [0.05, 0.1) is 6.61 Å². The highest BCUT2D eigenvalue weighted by Gasteiger charge is 2.39. The number of nitrogens with one attached hydrogen (secondary N) is 1. The van der Waals surface area contributed by atoms with E-state index in [1.165, 1.54) is 0 Å². The van der Waals surface area contributed by atoms with E-state index in [4.69, 9.17) is 4.74 Å². The lowest BCUT2D eigenvalue weighted by Crippen LogP contribution is -2.54. The predicted octanol–water partition coefficient (Wildman–Crippen LogP) is 2.11. The van der Waals surface area contributed by atoms with Gasteiger partial charge >= 0.3 is 0 Å². The largest absolute Gasteiger partial charge is 0.494 e. The first kappa shape index (κ1) is 15.4. The van der Waals surface area contributed by atoms with E-state index in [0.717, 1.165) is 11.4 Å². The Morgan fingerprint density at radius 3 is 2.76 bits per heavy atom. The Hall–Kier alpha value is -2.04. The van der Waals surface area contributed by atoms with Gasteiger partial charge in [-0.1, -0.05) is 13.0 Å². The summed E-state index contributed by atoms with van der Waals surface area (Å²) < 4.78 is 5.48. The van der Waals surface area contributed by atoms with Crippen LogP contribution in [0.1, 0.15) is 33.6 Å². The molecule has 5 heteroatoms. The molecule has 0 saturated carbocycles. The zero-order valence-electron chi connectivity index (χ0n) is 12.8. The zero-order chi connectivity index (χ0) is 15.5. The molecule has 114 valence electrons. The number of ether oxygens (including phenoxy) is 1. The first-order valence-electron chi connectivity index (χ1n) is 7.36. The lowest BCUT2D eigenvalue weighted by Gasteiger charge is -2.31. The van der Waals surface area contributed by atoms with Crippen LogP contribution in [0.25, 0.3) is 0 Å². The standard InChI is InChI=1S/C16H22N2O3/c1-4-16(3)15(20)18(10-9-14(19)17-16)12-7-6-8-13(11-12)21-5-2/h6-8,11H,4-5,9-10H2,1-3H3,(H,17,19). The van der Waals surface area contributed by atoms with Crippen molar-refractivity contribution in [1.82, 2.24) is 5.32 Å². The van der Waals surface area contributed by atoms with Crippen LogP contribution >= 0.6 is 0 Å². The molecule has 1 aromatic rings. The Kier molecular flexibility index (Phi) is 4.50. The third-order valence-electron chi connectivity index (χ3n) is 3.84. The fourth-order valence-corrected chi connectivity index (χ4v) is 2.43. The normalized spacial score (nSPS) is 22.7. The van der Waals surface area contributed by atoms with Crippen molar-refractivity contribution in [3.63, 3.8) is 0 Å². The third kappa shape index (κ3) is 3.17. The number of rotatable bonds is 4. The van der Waals surface area contributed by atoms with Gasteiger partial charge in [-0.3, -0.25) is 9.59 Å². The summed E-state index contributed by atoms with van der Waals surface area (Å²) in [5.74, 6) is 0.560. The number of benzene rings is 1. The molecule has 0 aromatic heterocycles. The molecule has 1 saturated heterocycles. The average Bonchev–Trinajstić information content (AvgIpc) is 2.58. The van der Waals surface area contributed by atoms with Crippen molar-refractivity contribution < 1.29 is 14.3 Å². The number of anilines is 1. The van der Waals surface area contributed by atoms with Gasteiger partial charge in [0.2, 0.25) is 5.91 Å². The van der Waals surface area contributed by atoms with Crippen molar-refractivity contribution >= 4 is 17.5 Å². The van der Waals surface area contributed by atoms with Gasteiger partial charge < -0.3 is 15.0 Å². The summed E-state index contributed by atoms with van der Waals surface area (Å²) in [4.78, 5) is 26.3. The molecule has 0 bridgehead atoms. The number of carbonyl (C=O) groups is 2. The molecule has 1 atom stereocenters. The van der Waals surface area contributed by atoms with Crippen LogP contribution in [0.3, 0.4) is 0 Å². The summed E-state index contributed by atoms with van der Waals surface area (Å²) >= 11 is 0. The van der Waals surface area contributed by atoms with E-state index in [1.807, 2.05) is 38.1 Å². The summed E-state index contributed by atoms with van der Waals surface area (Å²) in [6.07, 6.45) is 0.861. The maximum Gasteiger partial charge on any atom is 0.252 e. The number of amides is 2. The van der Waals surface area contributed by atoms with Crippen molar-refractivity contribution in [2.24, 2.45) is 0 Å². The van der Waals surface area contributed by atoms with Crippen LogP contribution in [0.2, 0.25) is 0 Å². The maximum absolute atomic E-state index is 12.8. The van der Waals surface area contributed by atoms with Gasteiger partial charge in [-0.2, -0.15) is 0 Å². The SMILES string of the molecule is CCOc1cccc(N2CCC(=O)NC(C)(CC)C2=O)c1. The molecular weight excluding hydrogens is 268 g/mol. The quantitative estimate of drug-likeness (QED) is 0.924. The topological polar surface area (TPSA) is 58.6 Å². The molecule has 21 heavy (non-hydrogen) atoms. The van der Waals surface area contributed by atoms with Gasteiger partial charge in [0, 0.05) is 24.7 Å². The summed E-state index contributed by atoms with van der Waals surface area (Å²) in [5.41, 5.74) is -0.0861. The molecule has 2 amide bonds. The second-order valence-electron chi connectivity index (χ2n) is 5.37. The minimum atomic E-state index is -0.852.